The third-order valence-corrected chi connectivity index (χ3v) is 3.73. The first kappa shape index (κ1) is 17.4. The molecule has 6 nitrogen and oxygen atoms in total. The maximum Gasteiger partial charge on any atom is 0.232 e. The number of allylic oxidation sites excluding steroid dienone is 1. The van der Waals surface area contributed by atoms with Crippen molar-refractivity contribution in [2.24, 2.45) is 0 Å². The van der Waals surface area contributed by atoms with Crippen LogP contribution < -0.4 is 0 Å². The Bertz CT molecular complexity index is 1020. The molecule has 0 unspecified atom stereocenters. The number of benzene rings is 1. The zero-order valence-corrected chi connectivity index (χ0v) is 14.0. The Balaban J connectivity index is 2.11. The van der Waals surface area contributed by atoms with E-state index in [1.165, 1.54) is 10.7 Å². The van der Waals surface area contributed by atoms with E-state index in [1.54, 1.807) is 13.0 Å². The Morgan fingerprint density at radius 2 is 2.04 bits per heavy atom. The van der Waals surface area contributed by atoms with Crippen LogP contribution in [0.5, 0.6) is 0 Å². The molecule has 26 heavy (non-hydrogen) atoms. The fourth-order valence-corrected chi connectivity index (χ4v) is 2.54. The lowest BCUT2D eigenvalue weighted by molar-refractivity contribution is 0.497. The highest BCUT2D eigenvalue weighted by Crippen LogP contribution is 2.29. The lowest BCUT2D eigenvalue weighted by atomic mass is 10.1. The average Bonchev–Trinajstić information content (AvgIpc) is 3.22. The number of aliphatic hydroxyl groups excluding tert-OH is 1. The molecule has 0 aliphatic heterocycles. The molecule has 3 rings (SSSR count). The number of aryl methyl sites for hydroxylation is 2. The maximum absolute atomic E-state index is 13.9. The van der Waals surface area contributed by atoms with Gasteiger partial charge in [0.1, 0.15) is 46.5 Å². The zero-order valence-electron chi connectivity index (χ0n) is 14.0. The van der Waals surface area contributed by atoms with Gasteiger partial charge in [-0.25, -0.2) is 13.8 Å². The molecule has 8 heteroatoms. The Morgan fingerprint density at radius 3 is 2.65 bits per heavy atom. The quantitative estimate of drug-likeness (QED) is 0.562. The molecule has 0 saturated carbocycles. The van der Waals surface area contributed by atoms with Crippen molar-refractivity contribution in [2.75, 3.05) is 0 Å². The van der Waals surface area contributed by atoms with E-state index < -0.39 is 17.2 Å². The molecule has 0 fully saturated rings. The Kier molecular flexibility index (Phi) is 4.54. The molecule has 0 atom stereocenters. The molecule has 0 radical (unpaired) electrons. The van der Waals surface area contributed by atoms with Crippen molar-refractivity contribution in [1.29, 1.82) is 5.26 Å². The number of aromatic nitrogens is 3. The number of nitrogens with zero attached hydrogens (tertiary/aromatic N) is 4. The zero-order chi connectivity index (χ0) is 18.8. The largest absolute Gasteiger partial charge is 0.504 e. The van der Waals surface area contributed by atoms with Crippen LogP contribution in [0.25, 0.3) is 22.8 Å². The summed E-state index contributed by atoms with van der Waals surface area (Å²) in [7, 11) is 0. The van der Waals surface area contributed by atoms with Crippen molar-refractivity contribution >= 4 is 11.3 Å². The first-order valence-electron chi connectivity index (χ1n) is 7.74. The third kappa shape index (κ3) is 2.95. The van der Waals surface area contributed by atoms with Crippen molar-refractivity contribution in [1.82, 2.24) is 14.8 Å². The van der Waals surface area contributed by atoms with Crippen LogP contribution in [0.3, 0.4) is 0 Å². The summed E-state index contributed by atoms with van der Waals surface area (Å²) in [6.07, 6.45) is 1.06. The summed E-state index contributed by atoms with van der Waals surface area (Å²) in [4.78, 5) is 3.97. The van der Waals surface area contributed by atoms with Gasteiger partial charge in [0.25, 0.3) is 0 Å². The minimum atomic E-state index is -0.843. The standard InChI is InChI=1S/C18H14F2N4O2/c1-3-24-15(7-10(2)23-24)17(25)11(8-21)14-9-26-18(22-14)16-12(19)5-4-6-13(16)20/h4-7,9,25H,3H2,1-2H3/b17-11-. The molecule has 1 aromatic carbocycles. The number of aliphatic hydroxyl groups is 1. The molecular formula is C18H14F2N4O2. The van der Waals surface area contributed by atoms with E-state index in [-0.39, 0.29) is 22.9 Å². The van der Waals surface area contributed by atoms with Gasteiger partial charge in [0.15, 0.2) is 5.76 Å². The van der Waals surface area contributed by atoms with Crippen LogP contribution in [-0.4, -0.2) is 19.9 Å². The normalized spacial score (nSPS) is 12.0. The van der Waals surface area contributed by atoms with Crippen LogP contribution in [0.1, 0.15) is 24.0 Å². The van der Waals surface area contributed by atoms with Gasteiger partial charge in [0, 0.05) is 6.54 Å². The highest BCUT2D eigenvalue weighted by molar-refractivity contribution is 5.92. The van der Waals surface area contributed by atoms with Crippen LogP contribution >= 0.6 is 0 Å². The summed E-state index contributed by atoms with van der Waals surface area (Å²) >= 11 is 0. The fraction of sp³-hybridized carbons (Fsp3) is 0.167. The summed E-state index contributed by atoms with van der Waals surface area (Å²) in [6, 6.07) is 6.83. The second kappa shape index (κ2) is 6.80. The second-order valence-electron chi connectivity index (χ2n) is 5.46. The van der Waals surface area contributed by atoms with Crippen LogP contribution in [0, 0.1) is 29.9 Å². The summed E-state index contributed by atoms with van der Waals surface area (Å²) in [6.45, 7) is 4.07. The van der Waals surface area contributed by atoms with Crippen LogP contribution in [0.4, 0.5) is 8.78 Å². The van der Waals surface area contributed by atoms with Gasteiger partial charge < -0.3 is 9.52 Å². The van der Waals surface area contributed by atoms with E-state index in [1.807, 2.05) is 13.0 Å². The predicted octanol–water partition coefficient (Wildman–Crippen LogP) is 4.09. The van der Waals surface area contributed by atoms with Gasteiger partial charge in [-0.2, -0.15) is 10.4 Å². The second-order valence-corrected chi connectivity index (χ2v) is 5.46. The Morgan fingerprint density at radius 1 is 1.35 bits per heavy atom. The smallest absolute Gasteiger partial charge is 0.232 e. The molecule has 3 aromatic rings. The summed E-state index contributed by atoms with van der Waals surface area (Å²) in [5.41, 5.74) is 0.337. The van der Waals surface area contributed by atoms with Gasteiger partial charge in [0.2, 0.25) is 5.89 Å². The minimum absolute atomic E-state index is 0.0378. The number of halogens is 2. The molecule has 0 spiro atoms. The van der Waals surface area contributed by atoms with Crippen molar-refractivity contribution in [3.05, 3.63) is 59.2 Å². The lowest BCUT2D eigenvalue weighted by Gasteiger charge is -2.04. The third-order valence-electron chi connectivity index (χ3n) is 3.73. The predicted molar refractivity (Wildman–Crippen MR) is 89.5 cm³/mol. The molecular weight excluding hydrogens is 342 g/mol. The molecule has 0 aliphatic rings. The van der Waals surface area contributed by atoms with Crippen molar-refractivity contribution in [3.63, 3.8) is 0 Å². The van der Waals surface area contributed by atoms with Crippen LogP contribution in [0.15, 0.2) is 34.9 Å². The van der Waals surface area contributed by atoms with Gasteiger partial charge >= 0.3 is 0 Å². The number of oxazole rings is 1. The molecule has 2 aromatic heterocycles. The average molecular weight is 356 g/mol. The lowest BCUT2D eigenvalue weighted by Crippen LogP contribution is -2.03. The summed E-state index contributed by atoms with van der Waals surface area (Å²) in [5, 5.41) is 24.2. The number of nitriles is 1. The number of hydrogen-bond acceptors (Lipinski definition) is 5. The highest BCUT2D eigenvalue weighted by Gasteiger charge is 2.21. The van der Waals surface area contributed by atoms with E-state index in [0.717, 1.165) is 18.4 Å². The SMILES string of the molecule is CCn1nc(C)cc1/C(O)=C(\C#N)c1coc(-c2c(F)cccc2F)n1. The first-order valence-corrected chi connectivity index (χ1v) is 7.74. The van der Waals surface area contributed by atoms with E-state index in [2.05, 4.69) is 10.1 Å². The summed E-state index contributed by atoms with van der Waals surface area (Å²) < 4.78 is 34.4. The molecule has 2 heterocycles. The van der Waals surface area contributed by atoms with Gasteiger partial charge in [-0.15, -0.1) is 0 Å². The van der Waals surface area contributed by atoms with Crippen molar-refractivity contribution in [2.45, 2.75) is 20.4 Å². The van der Waals surface area contributed by atoms with E-state index in [4.69, 9.17) is 4.42 Å². The maximum atomic E-state index is 13.9. The molecule has 0 bridgehead atoms. The Hall–Kier alpha value is -3.47. The monoisotopic (exact) mass is 356 g/mol. The van der Waals surface area contributed by atoms with E-state index >= 15 is 0 Å². The van der Waals surface area contributed by atoms with Gasteiger partial charge in [0.05, 0.1) is 5.69 Å². The minimum Gasteiger partial charge on any atom is -0.504 e. The number of hydrogen-bond donors (Lipinski definition) is 1. The van der Waals surface area contributed by atoms with E-state index in [9.17, 15) is 19.1 Å². The van der Waals surface area contributed by atoms with Crippen molar-refractivity contribution in [3.8, 4) is 17.5 Å². The van der Waals surface area contributed by atoms with Crippen molar-refractivity contribution < 1.29 is 18.3 Å². The molecule has 132 valence electrons. The first-order chi connectivity index (χ1) is 12.5. The molecule has 1 N–H and O–H groups in total. The van der Waals surface area contributed by atoms with E-state index in [0.29, 0.717) is 17.9 Å². The summed E-state index contributed by atoms with van der Waals surface area (Å²) in [5.74, 6) is -2.35. The van der Waals surface area contributed by atoms with Crippen LogP contribution in [-0.2, 0) is 6.54 Å². The van der Waals surface area contributed by atoms with Gasteiger partial charge in [-0.1, -0.05) is 6.07 Å². The number of rotatable bonds is 4. The highest BCUT2D eigenvalue weighted by atomic mass is 19.1. The Labute approximate surface area is 147 Å². The molecule has 0 aliphatic carbocycles. The van der Waals surface area contributed by atoms with Gasteiger partial charge in [-0.05, 0) is 32.0 Å². The fourth-order valence-electron chi connectivity index (χ4n) is 2.54. The van der Waals surface area contributed by atoms with Gasteiger partial charge in [-0.3, -0.25) is 4.68 Å². The molecule has 0 saturated heterocycles. The van der Waals surface area contributed by atoms with Crippen LogP contribution in [0.2, 0.25) is 0 Å². The topological polar surface area (TPSA) is 87.9 Å². The molecule has 0 amide bonds.